The van der Waals surface area contributed by atoms with E-state index in [9.17, 15) is 9.59 Å². The molecule has 3 unspecified atom stereocenters. The molecule has 1 saturated heterocycles. The summed E-state index contributed by atoms with van der Waals surface area (Å²) >= 11 is 0. The number of hydrogen-bond acceptors (Lipinski definition) is 3. The molecule has 1 spiro atoms. The average Bonchev–Trinajstić information content (AvgIpc) is 2.31. The van der Waals surface area contributed by atoms with Gasteiger partial charge in [0.1, 0.15) is 5.60 Å². The molecule has 0 aromatic heterocycles. The van der Waals surface area contributed by atoms with Gasteiger partial charge in [0.25, 0.3) is 0 Å². The molecule has 1 aliphatic carbocycles. The van der Waals surface area contributed by atoms with Crippen LogP contribution in [0.1, 0.15) is 47.0 Å². The lowest BCUT2D eigenvalue weighted by atomic mass is 9.65. The van der Waals surface area contributed by atoms with Crippen LogP contribution >= 0.6 is 0 Å². The third-order valence-corrected chi connectivity index (χ3v) is 4.30. The molecule has 2 aliphatic rings. The summed E-state index contributed by atoms with van der Waals surface area (Å²) in [5.41, 5.74) is -0.449. The summed E-state index contributed by atoms with van der Waals surface area (Å²) in [6, 6.07) is -0.159. The van der Waals surface area contributed by atoms with Crippen molar-refractivity contribution >= 4 is 12.2 Å². The first-order chi connectivity index (χ1) is 10.1. The van der Waals surface area contributed by atoms with Crippen molar-refractivity contribution in [2.45, 2.75) is 64.6 Å². The summed E-state index contributed by atoms with van der Waals surface area (Å²) in [6.45, 7) is 7.74. The molecule has 2 N–H and O–H groups in total. The highest BCUT2D eigenvalue weighted by atomic mass is 16.6. The second-order valence-electron chi connectivity index (χ2n) is 7.45. The monoisotopic (exact) mass is 310 g/mol. The minimum absolute atomic E-state index is 0.0224. The molecule has 6 heteroatoms. The summed E-state index contributed by atoms with van der Waals surface area (Å²) < 4.78 is 5.50. The van der Waals surface area contributed by atoms with E-state index in [-0.39, 0.29) is 30.1 Å². The molecule has 1 fully saturated rings. The fourth-order valence-electron chi connectivity index (χ4n) is 3.47. The third kappa shape index (κ3) is 3.72. The van der Waals surface area contributed by atoms with Crippen LogP contribution in [0.15, 0.2) is 12.2 Å². The maximum Gasteiger partial charge on any atom is 0.410 e. The molecule has 124 valence electrons. The number of rotatable bonds is 2. The Kier molecular flexibility index (Phi) is 4.40. The van der Waals surface area contributed by atoms with Crippen LogP contribution in [0.2, 0.25) is 0 Å². The van der Waals surface area contributed by atoms with Crippen LogP contribution < -0.4 is 5.32 Å². The van der Waals surface area contributed by atoms with Gasteiger partial charge in [0, 0.05) is 12.6 Å². The Balaban J connectivity index is 2.14. The number of amides is 2. The first-order valence-electron chi connectivity index (χ1n) is 7.78. The SMILES string of the molecule is CC1CC2(C=CC2)CC(CNC(=O)O)N1C(=O)OC(C)(C)C. The van der Waals surface area contributed by atoms with Crippen molar-refractivity contribution < 1.29 is 19.4 Å². The number of carbonyl (C=O) groups excluding carboxylic acids is 1. The Labute approximate surface area is 131 Å². The van der Waals surface area contributed by atoms with Crippen LogP contribution in [0.3, 0.4) is 0 Å². The molecule has 2 amide bonds. The van der Waals surface area contributed by atoms with Crippen LogP contribution in [0.25, 0.3) is 0 Å². The van der Waals surface area contributed by atoms with Gasteiger partial charge in [0.05, 0.1) is 6.04 Å². The number of piperidine rings is 1. The topological polar surface area (TPSA) is 78.9 Å². The van der Waals surface area contributed by atoms with Crippen molar-refractivity contribution in [2.75, 3.05) is 6.54 Å². The maximum absolute atomic E-state index is 12.5. The van der Waals surface area contributed by atoms with E-state index in [0.29, 0.717) is 0 Å². The predicted molar refractivity (Wildman–Crippen MR) is 82.8 cm³/mol. The summed E-state index contributed by atoms with van der Waals surface area (Å²) in [7, 11) is 0. The Morgan fingerprint density at radius 2 is 2.05 bits per heavy atom. The highest BCUT2D eigenvalue weighted by molar-refractivity contribution is 5.70. The molecule has 0 aromatic carbocycles. The number of hydrogen-bond donors (Lipinski definition) is 2. The zero-order valence-electron chi connectivity index (χ0n) is 13.8. The Hall–Kier alpha value is -1.72. The van der Waals surface area contributed by atoms with Crippen LogP contribution in [0.5, 0.6) is 0 Å². The second kappa shape index (κ2) is 5.82. The Bertz CT molecular complexity index is 483. The van der Waals surface area contributed by atoms with Crippen LogP contribution in [0.4, 0.5) is 9.59 Å². The molecule has 3 atom stereocenters. The summed E-state index contributed by atoms with van der Waals surface area (Å²) in [4.78, 5) is 25.0. The Morgan fingerprint density at radius 1 is 1.41 bits per heavy atom. The van der Waals surface area contributed by atoms with Gasteiger partial charge in [-0.1, -0.05) is 12.2 Å². The minimum Gasteiger partial charge on any atom is -0.465 e. The van der Waals surface area contributed by atoms with Gasteiger partial charge in [-0.25, -0.2) is 9.59 Å². The summed E-state index contributed by atoms with van der Waals surface area (Å²) in [6.07, 6.45) is 5.57. The van der Waals surface area contributed by atoms with Crippen LogP contribution in [-0.2, 0) is 4.74 Å². The summed E-state index contributed by atoms with van der Waals surface area (Å²) in [5, 5.41) is 11.3. The quantitative estimate of drug-likeness (QED) is 0.769. The molecule has 1 aliphatic heterocycles. The van der Waals surface area contributed by atoms with Crippen molar-refractivity contribution in [2.24, 2.45) is 5.41 Å². The number of ether oxygens (including phenoxy) is 1. The number of carboxylic acid groups (broad SMARTS) is 1. The minimum atomic E-state index is -1.07. The lowest BCUT2D eigenvalue weighted by Gasteiger charge is -2.51. The van der Waals surface area contributed by atoms with E-state index in [1.54, 1.807) is 4.90 Å². The van der Waals surface area contributed by atoms with Crippen LogP contribution in [-0.4, -0.2) is 46.4 Å². The largest absolute Gasteiger partial charge is 0.465 e. The molecular formula is C16H26N2O4. The normalized spacial score (nSPS) is 30.8. The second-order valence-corrected chi connectivity index (χ2v) is 7.45. The van der Waals surface area contributed by atoms with E-state index >= 15 is 0 Å². The summed E-state index contributed by atoms with van der Waals surface area (Å²) in [5.74, 6) is 0. The van der Waals surface area contributed by atoms with E-state index in [0.717, 1.165) is 19.3 Å². The fourth-order valence-corrected chi connectivity index (χ4v) is 3.47. The van der Waals surface area contributed by atoms with E-state index in [2.05, 4.69) is 17.5 Å². The maximum atomic E-state index is 12.5. The fraction of sp³-hybridized carbons (Fsp3) is 0.750. The molecule has 2 rings (SSSR count). The van der Waals surface area contributed by atoms with Crippen molar-refractivity contribution in [3.63, 3.8) is 0 Å². The molecule has 0 bridgehead atoms. The van der Waals surface area contributed by atoms with E-state index in [4.69, 9.17) is 9.84 Å². The van der Waals surface area contributed by atoms with Crippen molar-refractivity contribution in [3.05, 3.63) is 12.2 Å². The molecule has 0 radical (unpaired) electrons. The first-order valence-corrected chi connectivity index (χ1v) is 7.78. The molecule has 0 saturated carbocycles. The molecule has 0 aromatic rings. The average molecular weight is 310 g/mol. The van der Waals surface area contributed by atoms with Crippen LogP contribution in [0, 0.1) is 5.41 Å². The van der Waals surface area contributed by atoms with Crippen molar-refractivity contribution in [3.8, 4) is 0 Å². The van der Waals surface area contributed by atoms with Gasteiger partial charge in [-0.3, -0.25) is 0 Å². The number of nitrogens with one attached hydrogen (secondary N) is 1. The standard InChI is InChI=1S/C16H26N2O4/c1-11-8-16(6-5-7-16)9-12(10-17-13(19)20)18(11)14(21)22-15(2,3)4/h5-6,11-12,17H,7-10H2,1-4H3,(H,19,20). The van der Waals surface area contributed by atoms with E-state index in [1.807, 2.05) is 27.7 Å². The molecule has 22 heavy (non-hydrogen) atoms. The zero-order valence-corrected chi connectivity index (χ0v) is 13.8. The van der Waals surface area contributed by atoms with Gasteiger partial charge in [-0.15, -0.1) is 0 Å². The lowest BCUT2D eigenvalue weighted by molar-refractivity contribution is -0.0213. The number of carbonyl (C=O) groups is 2. The van der Waals surface area contributed by atoms with E-state index in [1.165, 1.54) is 0 Å². The lowest BCUT2D eigenvalue weighted by Crippen LogP contribution is -2.58. The van der Waals surface area contributed by atoms with Gasteiger partial charge >= 0.3 is 12.2 Å². The molecular weight excluding hydrogens is 284 g/mol. The predicted octanol–water partition coefficient (Wildman–Crippen LogP) is 2.99. The van der Waals surface area contributed by atoms with Gasteiger partial charge in [-0.2, -0.15) is 0 Å². The van der Waals surface area contributed by atoms with Gasteiger partial charge in [-0.05, 0) is 52.4 Å². The highest BCUT2D eigenvalue weighted by Crippen LogP contribution is 2.47. The third-order valence-electron chi connectivity index (χ3n) is 4.30. The molecule has 6 nitrogen and oxygen atoms in total. The van der Waals surface area contributed by atoms with Gasteiger partial charge in [0.2, 0.25) is 0 Å². The number of likely N-dealkylation sites (tertiary alicyclic amines) is 1. The van der Waals surface area contributed by atoms with E-state index < -0.39 is 11.7 Å². The van der Waals surface area contributed by atoms with Gasteiger partial charge < -0.3 is 20.1 Å². The smallest absolute Gasteiger partial charge is 0.410 e. The zero-order chi connectivity index (χ0) is 16.5. The van der Waals surface area contributed by atoms with Crippen molar-refractivity contribution in [1.29, 1.82) is 0 Å². The van der Waals surface area contributed by atoms with Crippen molar-refractivity contribution in [1.82, 2.24) is 10.2 Å². The Morgan fingerprint density at radius 3 is 2.50 bits per heavy atom. The van der Waals surface area contributed by atoms with Gasteiger partial charge in [0.15, 0.2) is 0 Å². The highest BCUT2D eigenvalue weighted by Gasteiger charge is 2.46. The number of nitrogens with zero attached hydrogens (tertiary/aromatic N) is 1. The molecule has 1 heterocycles. The number of allylic oxidation sites excluding steroid dienone is 2. The first kappa shape index (κ1) is 16.6.